The molecule has 0 amide bonds. The van der Waals surface area contributed by atoms with E-state index in [9.17, 15) is 0 Å². The standard InChI is InChI=1S/C8H13NOS/c9-8(1-3-10)5-7-2-4-11-6-7/h2,4,6,8,10H,1,3,5,9H2. The topological polar surface area (TPSA) is 46.2 Å². The molecule has 1 heterocycles. The van der Waals surface area contributed by atoms with Gasteiger partial charge in [-0.3, -0.25) is 0 Å². The predicted octanol–water partition coefficient (Wildman–Crippen LogP) is 1.00. The van der Waals surface area contributed by atoms with Gasteiger partial charge in [0.05, 0.1) is 0 Å². The molecule has 1 atom stereocenters. The van der Waals surface area contributed by atoms with Crippen LogP contribution in [-0.4, -0.2) is 17.8 Å². The summed E-state index contributed by atoms with van der Waals surface area (Å²) in [7, 11) is 0. The second-order valence-electron chi connectivity index (χ2n) is 2.61. The molecular weight excluding hydrogens is 158 g/mol. The van der Waals surface area contributed by atoms with E-state index in [0.29, 0.717) is 6.42 Å². The molecule has 0 aromatic carbocycles. The van der Waals surface area contributed by atoms with Gasteiger partial charge in [0.2, 0.25) is 0 Å². The van der Waals surface area contributed by atoms with E-state index in [4.69, 9.17) is 10.8 Å². The van der Waals surface area contributed by atoms with Crippen molar-refractivity contribution in [3.05, 3.63) is 22.4 Å². The molecule has 0 spiro atoms. The first-order chi connectivity index (χ1) is 5.33. The van der Waals surface area contributed by atoms with Crippen molar-refractivity contribution in [3.8, 4) is 0 Å². The summed E-state index contributed by atoms with van der Waals surface area (Å²) in [5, 5.41) is 12.7. The Morgan fingerprint density at radius 1 is 1.64 bits per heavy atom. The van der Waals surface area contributed by atoms with Gasteiger partial charge < -0.3 is 10.8 Å². The van der Waals surface area contributed by atoms with E-state index < -0.39 is 0 Å². The fourth-order valence-electron chi connectivity index (χ4n) is 0.979. The minimum absolute atomic E-state index is 0.106. The molecule has 0 bridgehead atoms. The van der Waals surface area contributed by atoms with Crippen LogP contribution < -0.4 is 5.73 Å². The van der Waals surface area contributed by atoms with Crippen molar-refractivity contribution in [1.82, 2.24) is 0 Å². The minimum Gasteiger partial charge on any atom is -0.396 e. The van der Waals surface area contributed by atoms with Crippen LogP contribution in [-0.2, 0) is 6.42 Å². The average molecular weight is 171 g/mol. The molecule has 0 fully saturated rings. The lowest BCUT2D eigenvalue weighted by Gasteiger charge is -2.06. The first-order valence-electron chi connectivity index (χ1n) is 3.70. The SMILES string of the molecule is NC(CCO)Cc1ccsc1. The summed E-state index contributed by atoms with van der Waals surface area (Å²) >= 11 is 1.68. The van der Waals surface area contributed by atoms with Gasteiger partial charge in [0, 0.05) is 12.6 Å². The molecule has 0 aliphatic rings. The maximum Gasteiger partial charge on any atom is 0.0445 e. The van der Waals surface area contributed by atoms with Gasteiger partial charge >= 0.3 is 0 Å². The third kappa shape index (κ3) is 3.01. The Kier molecular flexibility index (Phi) is 3.56. The van der Waals surface area contributed by atoms with Crippen LogP contribution >= 0.6 is 11.3 Å². The Hall–Kier alpha value is -0.380. The van der Waals surface area contributed by atoms with Crippen LogP contribution in [0, 0.1) is 0 Å². The number of thiophene rings is 1. The first kappa shape index (κ1) is 8.71. The fraction of sp³-hybridized carbons (Fsp3) is 0.500. The van der Waals surface area contributed by atoms with Crippen molar-refractivity contribution < 1.29 is 5.11 Å². The lowest BCUT2D eigenvalue weighted by molar-refractivity contribution is 0.275. The Bertz CT molecular complexity index is 186. The minimum atomic E-state index is 0.106. The second kappa shape index (κ2) is 4.49. The number of aliphatic hydroxyl groups is 1. The summed E-state index contributed by atoms with van der Waals surface area (Å²) in [6.45, 7) is 0.186. The highest BCUT2D eigenvalue weighted by Gasteiger charge is 2.02. The van der Waals surface area contributed by atoms with Crippen molar-refractivity contribution in [2.75, 3.05) is 6.61 Å². The van der Waals surface area contributed by atoms with Crippen LogP contribution in [0.2, 0.25) is 0 Å². The predicted molar refractivity (Wildman–Crippen MR) is 47.7 cm³/mol. The van der Waals surface area contributed by atoms with Gasteiger partial charge in [-0.15, -0.1) is 0 Å². The largest absolute Gasteiger partial charge is 0.396 e. The highest BCUT2D eigenvalue weighted by atomic mass is 32.1. The quantitative estimate of drug-likeness (QED) is 0.710. The molecule has 1 aromatic heterocycles. The van der Waals surface area contributed by atoms with E-state index >= 15 is 0 Å². The zero-order chi connectivity index (χ0) is 8.10. The summed E-state index contributed by atoms with van der Waals surface area (Å²) in [6.07, 6.45) is 1.57. The summed E-state index contributed by atoms with van der Waals surface area (Å²) in [4.78, 5) is 0. The number of hydrogen-bond acceptors (Lipinski definition) is 3. The Balaban J connectivity index is 2.31. The number of aliphatic hydroxyl groups excluding tert-OH is 1. The lowest BCUT2D eigenvalue weighted by atomic mass is 10.1. The van der Waals surface area contributed by atoms with E-state index in [1.807, 2.05) is 5.38 Å². The van der Waals surface area contributed by atoms with Gasteiger partial charge in [0.1, 0.15) is 0 Å². The highest BCUT2D eigenvalue weighted by molar-refractivity contribution is 7.07. The molecule has 1 rings (SSSR count). The van der Waals surface area contributed by atoms with E-state index in [2.05, 4.69) is 11.4 Å². The molecule has 2 nitrogen and oxygen atoms in total. The van der Waals surface area contributed by atoms with Gasteiger partial charge in [-0.1, -0.05) is 0 Å². The highest BCUT2D eigenvalue weighted by Crippen LogP contribution is 2.08. The molecular formula is C8H13NOS. The van der Waals surface area contributed by atoms with Crippen molar-refractivity contribution in [3.63, 3.8) is 0 Å². The summed E-state index contributed by atoms with van der Waals surface area (Å²) < 4.78 is 0. The van der Waals surface area contributed by atoms with Crippen LogP contribution in [0.5, 0.6) is 0 Å². The van der Waals surface area contributed by atoms with Gasteiger partial charge in [-0.2, -0.15) is 11.3 Å². The Morgan fingerprint density at radius 2 is 2.45 bits per heavy atom. The number of nitrogens with two attached hydrogens (primary N) is 1. The van der Waals surface area contributed by atoms with E-state index in [0.717, 1.165) is 6.42 Å². The normalized spacial score (nSPS) is 13.3. The summed E-state index contributed by atoms with van der Waals surface area (Å²) in [5.74, 6) is 0. The maximum absolute atomic E-state index is 8.59. The van der Waals surface area contributed by atoms with Crippen LogP contribution in [0.25, 0.3) is 0 Å². The molecule has 0 radical (unpaired) electrons. The lowest BCUT2D eigenvalue weighted by Crippen LogP contribution is -2.23. The second-order valence-corrected chi connectivity index (χ2v) is 3.39. The van der Waals surface area contributed by atoms with E-state index in [1.165, 1.54) is 5.56 Å². The van der Waals surface area contributed by atoms with Crippen molar-refractivity contribution in [2.45, 2.75) is 18.9 Å². The third-order valence-electron chi connectivity index (χ3n) is 1.58. The van der Waals surface area contributed by atoms with Crippen LogP contribution in [0.3, 0.4) is 0 Å². The first-order valence-corrected chi connectivity index (χ1v) is 4.64. The van der Waals surface area contributed by atoms with Crippen molar-refractivity contribution >= 4 is 11.3 Å². The molecule has 0 saturated carbocycles. The van der Waals surface area contributed by atoms with Crippen molar-refractivity contribution in [2.24, 2.45) is 5.73 Å². The van der Waals surface area contributed by atoms with Gasteiger partial charge in [0.15, 0.2) is 0 Å². The number of rotatable bonds is 4. The zero-order valence-electron chi connectivity index (χ0n) is 6.36. The third-order valence-corrected chi connectivity index (χ3v) is 2.31. The fourth-order valence-corrected chi connectivity index (χ4v) is 1.66. The molecule has 11 heavy (non-hydrogen) atoms. The molecule has 3 N–H and O–H groups in total. The summed E-state index contributed by atoms with van der Waals surface area (Å²) in [6, 6.07) is 2.18. The molecule has 1 unspecified atom stereocenters. The van der Waals surface area contributed by atoms with Crippen LogP contribution in [0.15, 0.2) is 16.8 Å². The number of hydrogen-bond donors (Lipinski definition) is 2. The maximum atomic E-state index is 8.59. The summed E-state index contributed by atoms with van der Waals surface area (Å²) in [5.41, 5.74) is 6.99. The molecule has 3 heteroatoms. The van der Waals surface area contributed by atoms with E-state index in [-0.39, 0.29) is 12.6 Å². The van der Waals surface area contributed by atoms with Crippen LogP contribution in [0.4, 0.5) is 0 Å². The molecule has 1 aromatic rings. The van der Waals surface area contributed by atoms with Gasteiger partial charge in [-0.25, -0.2) is 0 Å². The monoisotopic (exact) mass is 171 g/mol. The average Bonchev–Trinajstić information content (AvgIpc) is 2.40. The Morgan fingerprint density at radius 3 is 3.00 bits per heavy atom. The molecule has 0 aliphatic heterocycles. The molecule has 62 valence electrons. The van der Waals surface area contributed by atoms with E-state index in [1.54, 1.807) is 11.3 Å². The Labute approximate surface area is 70.7 Å². The van der Waals surface area contributed by atoms with Crippen molar-refractivity contribution in [1.29, 1.82) is 0 Å². The zero-order valence-corrected chi connectivity index (χ0v) is 7.18. The molecule has 0 saturated heterocycles. The van der Waals surface area contributed by atoms with Crippen LogP contribution in [0.1, 0.15) is 12.0 Å². The van der Waals surface area contributed by atoms with Gasteiger partial charge in [-0.05, 0) is 35.2 Å². The molecule has 0 aliphatic carbocycles. The van der Waals surface area contributed by atoms with Gasteiger partial charge in [0.25, 0.3) is 0 Å². The smallest absolute Gasteiger partial charge is 0.0445 e.